The minimum atomic E-state index is -0.422. The van der Waals surface area contributed by atoms with Crippen molar-refractivity contribution in [2.24, 2.45) is 4.99 Å². The number of nitrogens with one attached hydrogen (secondary N) is 2. The fourth-order valence-corrected chi connectivity index (χ4v) is 4.52. The number of hydrazine groups is 1. The van der Waals surface area contributed by atoms with E-state index in [1.165, 1.54) is 11.3 Å². The molecule has 152 valence electrons. The van der Waals surface area contributed by atoms with Gasteiger partial charge in [-0.3, -0.25) is 25.1 Å². The zero-order valence-corrected chi connectivity index (χ0v) is 18.8. The number of carbonyl (C=O) groups excluding carboxylic acids is 2. The van der Waals surface area contributed by atoms with Crippen LogP contribution in [-0.4, -0.2) is 48.1 Å². The highest BCUT2D eigenvalue weighted by Gasteiger charge is 2.32. The number of cyclic esters (lactones) is 1. The van der Waals surface area contributed by atoms with Gasteiger partial charge in [0.15, 0.2) is 3.84 Å². The van der Waals surface area contributed by atoms with Crippen molar-refractivity contribution in [1.29, 1.82) is 0 Å². The molecule has 2 amide bonds. The summed E-state index contributed by atoms with van der Waals surface area (Å²) < 4.78 is 6.79. The molecule has 2 aliphatic heterocycles. The highest BCUT2D eigenvalue weighted by Crippen LogP contribution is 2.25. The van der Waals surface area contributed by atoms with Gasteiger partial charge in [0.1, 0.15) is 6.10 Å². The quantitative estimate of drug-likeness (QED) is 0.445. The number of thiophene rings is 1. The number of hydrogen-bond donors (Lipinski definition) is 2. The summed E-state index contributed by atoms with van der Waals surface area (Å²) in [5.74, 6) is -0.229. The van der Waals surface area contributed by atoms with E-state index >= 15 is 0 Å². The highest BCUT2D eigenvalue weighted by atomic mass is 127. The number of carbonyl (C=O) groups is 2. The van der Waals surface area contributed by atoms with Gasteiger partial charge in [-0.05, 0) is 36.4 Å². The third kappa shape index (κ3) is 4.75. The molecule has 0 aliphatic carbocycles. The number of ether oxygens (including phenoxy) is 1. The number of benzene rings is 1. The maximum atomic E-state index is 12.3. The van der Waals surface area contributed by atoms with Gasteiger partial charge in [0.25, 0.3) is 5.91 Å². The number of nitrogens with zero attached hydrogens (tertiary/aromatic N) is 3. The topological polar surface area (TPSA) is 86.3 Å². The van der Waals surface area contributed by atoms with E-state index in [4.69, 9.17) is 16.3 Å². The monoisotopic (exact) mass is 545 g/mol. The van der Waals surface area contributed by atoms with E-state index in [0.717, 1.165) is 28.3 Å². The molecule has 1 saturated heterocycles. The van der Waals surface area contributed by atoms with E-state index < -0.39 is 12.2 Å². The molecule has 2 aliphatic rings. The number of amidine groups is 1. The van der Waals surface area contributed by atoms with Gasteiger partial charge >= 0.3 is 6.09 Å². The van der Waals surface area contributed by atoms with Gasteiger partial charge in [-0.2, -0.15) is 0 Å². The van der Waals surface area contributed by atoms with Gasteiger partial charge in [0.2, 0.25) is 0 Å². The van der Waals surface area contributed by atoms with E-state index in [0.29, 0.717) is 15.8 Å². The number of amides is 2. The number of anilines is 2. The molecule has 0 saturated carbocycles. The molecule has 3 heterocycles. The molecular weight excluding hydrogens is 529 g/mol. The minimum absolute atomic E-state index is 0.229. The lowest BCUT2D eigenvalue weighted by Crippen LogP contribution is -2.45. The van der Waals surface area contributed by atoms with Crippen LogP contribution in [0, 0.1) is 0 Å². The molecule has 1 aromatic heterocycles. The predicted octanol–water partition coefficient (Wildman–Crippen LogP) is 3.27. The molecule has 2 aromatic rings. The van der Waals surface area contributed by atoms with E-state index in [1.54, 1.807) is 17.0 Å². The van der Waals surface area contributed by atoms with Gasteiger partial charge in [-0.15, -0.1) is 11.3 Å². The second kappa shape index (κ2) is 8.76. The first-order valence-corrected chi connectivity index (χ1v) is 11.1. The SMILES string of the molecule is O=C(NCC1CN(c2ccc(N3CCN=C(I)N3)cc2)C(=O)O1)c1ccc(Cl)s1. The van der Waals surface area contributed by atoms with Crippen LogP contribution in [0.15, 0.2) is 41.4 Å². The zero-order valence-electron chi connectivity index (χ0n) is 15.1. The predicted molar refractivity (Wildman–Crippen MR) is 123 cm³/mol. The van der Waals surface area contributed by atoms with Crippen LogP contribution in [0.4, 0.5) is 16.2 Å². The Bertz CT molecular complexity index is 951. The molecule has 0 spiro atoms. The Labute approximate surface area is 190 Å². The van der Waals surface area contributed by atoms with Crippen molar-refractivity contribution in [1.82, 2.24) is 10.7 Å². The molecular formula is C18H17ClIN5O3S. The summed E-state index contributed by atoms with van der Waals surface area (Å²) in [5.41, 5.74) is 4.93. The van der Waals surface area contributed by atoms with Gasteiger partial charge < -0.3 is 10.1 Å². The molecule has 1 fully saturated rings. The van der Waals surface area contributed by atoms with Crippen LogP contribution in [0.5, 0.6) is 0 Å². The summed E-state index contributed by atoms with van der Waals surface area (Å²) >= 11 is 9.21. The van der Waals surface area contributed by atoms with E-state index in [9.17, 15) is 9.59 Å². The lowest BCUT2D eigenvalue weighted by atomic mass is 10.2. The number of rotatable bonds is 5. The summed E-state index contributed by atoms with van der Waals surface area (Å²) in [6.45, 7) is 2.12. The average molecular weight is 546 g/mol. The van der Waals surface area contributed by atoms with Crippen LogP contribution >= 0.6 is 45.5 Å². The third-order valence-electron chi connectivity index (χ3n) is 4.44. The van der Waals surface area contributed by atoms with Crippen molar-refractivity contribution in [2.45, 2.75) is 6.10 Å². The third-order valence-corrected chi connectivity index (χ3v) is 6.25. The second-order valence-corrected chi connectivity index (χ2v) is 9.12. The van der Waals surface area contributed by atoms with Crippen molar-refractivity contribution in [3.63, 3.8) is 0 Å². The van der Waals surface area contributed by atoms with Crippen LogP contribution < -0.4 is 20.7 Å². The molecule has 1 atom stereocenters. The minimum Gasteiger partial charge on any atom is -0.442 e. The van der Waals surface area contributed by atoms with Crippen molar-refractivity contribution >= 4 is 72.7 Å². The Balaban J connectivity index is 1.34. The zero-order chi connectivity index (χ0) is 20.4. The average Bonchev–Trinajstić information content (AvgIpc) is 3.32. The number of aliphatic imine (C=N–C) groups is 1. The van der Waals surface area contributed by atoms with Crippen LogP contribution in [0.3, 0.4) is 0 Å². The lowest BCUT2D eigenvalue weighted by molar-refractivity contribution is 0.0920. The van der Waals surface area contributed by atoms with Crippen LogP contribution in [0.1, 0.15) is 9.67 Å². The summed E-state index contributed by atoms with van der Waals surface area (Å²) in [6, 6.07) is 11.0. The second-order valence-electron chi connectivity index (χ2n) is 6.38. The van der Waals surface area contributed by atoms with Crippen molar-refractivity contribution in [3.8, 4) is 0 Å². The molecule has 0 radical (unpaired) electrons. The number of hydrogen-bond acceptors (Lipinski definition) is 7. The summed E-state index contributed by atoms with van der Waals surface area (Å²) in [5, 5.41) is 4.80. The van der Waals surface area contributed by atoms with E-state index in [-0.39, 0.29) is 12.5 Å². The molecule has 1 unspecified atom stereocenters. The molecule has 29 heavy (non-hydrogen) atoms. The maximum Gasteiger partial charge on any atom is 0.414 e. The van der Waals surface area contributed by atoms with E-state index in [1.807, 2.05) is 29.3 Å². The molecule has 1 aromatic carbocycles. The van der Waals surface area contributed by atoms with E-state index in [2.05, 4.69) is 38.3 Å². The Morgan fingerprint density at radius 2 is 2.07 bits per heavy atom. The van der Waals surface area contributed by atoms with Crippen molar-refractivity contribution < 1.29 is 14.3 Å². The first kappa shape index (κ1) is 20.2. The fraction of sp³-hybridized carbons (Fsp3) is 0.278. The smallest absolute Gasteiger partial charge is 0.414 e. The van der Waals surface area contributed by atoms with Gasteiger partial charge in [0.05, 0.1) is 41.1 Å². The Hall–Kier alpha value is -2.05. The Morgan fingerprint density at radius 1 is 1.31 bits per heavy atom. The van der Waals surface area contributed by atoms with Crippen molar-refractivity contribution in [3.05, 3.63) is 45.6 Å². The Morgan fingerprint density at radius 3 is 2.76 bits per heavy atom. The molecule has 11 heteroatoms. The molecule has 2 N–H and O–H groups in total. The Kier molecular flexibility index (Phi) is 6.11. The number of halogens is 2. The lowest BCUT2D eigenvalue weighted by Gasteiger charge is -2.28. The summed E-state index contributed by atoms with van der Waals surface area (Å²) in [4.78, 5) is 30.8. The molecule has 0 bridgehead atoms. The van der Waals surface area contributed by atoms with Crippen LogP contribution in [-0.2, 0) is 4.74 Å². The van der Waals surface area contributed by atoms with Gasteiger partial charge in [0, 0.05) is 28.3 Å². The largest absolute Gasteiger partial charge is 0.442 e. The normalized spacial score (nSPS) is 18.9. The summed E-state index contributed by atoms with van der Waals surface area (Å²) in [7, 11) is 0. The van der Waals surface area contributed by atoms with Crippen molar-refractivity contribution in [2.75, 3.05) is 36.1 Å². The standard InChI is InChI=1S/C18H17ClIN5O3S/c19-15-6-5-14(29-15)16(26)22-9-13-10-24(18(27)28-13)11-1-3-12(4-2-11)25-8-7-21-17(20)23-25/h1-6,13H,7-10H2,(H,21,23)(H,22,26). The van der Waals surface area contributed by atoms with Gasteiger partial charge in [-0.1, -0.05) is 11.6 Å². The van der Waals surface area contributed by atoms with Crippen LogP contribution in [0.25, 0.3) is 0 Å². The molecule has 8 nitrogen and oxygen atoms in total. The maximum absolute atomic E-state index is 12.3. The first-order chi connectivity index (χ1) is 14.0. The molecule has 4 rings (SSSR count). The first-order valence-electron chi connectivity index (χ1n) is 8.85. The van der Waals surface area contributed by atoms with Gasteiger partial charge in [-0.25, -0.2) is 4.79 Å². The summed E-state index contributed by atoms with van der Waals surface area (Å²) in [6.07, 6.45) is -0.836. The fourth-order valence-electron chi connectivity index (χ4n) is 3.03. The highest BCUT2D eigenvalue weighted by molar-refractivity contribution is 14.1. The van der Waals surface area contributed by atoms with Crippen LogP contribution in [0.2, 0.25) is 4.34 Å².